The highest BCUT2D eigenvalue weighted by Gasteiger charge is 2.23. The lowest BCUT2D eigenvalue weighted by atomic mass is 9.84. The lowest BCUT2D eigenvalue weighted by Gasteiger charge is -2.30. The lowest BCUT2D eigenvalue weighted by Crippen LogP contribution is -2.38. The second-order valence-electron chi connectivity index (χ2n) is 4.78. The Hall–Kier alpha value is -0.630. The van der Waals surface area contributed by atoms with Gasteiger partial charge in [-0.1, -0.05) is 19.3 Å². The maximum absolute atomic E-state index is 11.5. The summed E-state index contributed by atoms with van der Waals surface area (Å²) in [5.41, 5.74) is 5.76. The molecule has 1 saturated carbocycles. The van der Waals surface area contributed by atoms with E-state index in [1.54, 1.807) is 0 Å². The number of anilines is 1. The second kappa shape index (κ2) is 6.51. The van der Waals surface area contributed by atoms with Crippen LogP contribution in [0, 0.1) is 9.49 Å². The van der Waals surface area contributed by atoms with Crippen LogP contribution in [0.1, 0.15) is 32.1 Å². The average Bonchev–Trinajstić information content (AvgIpc) is 2.41. The first-order valence-electron chi connectivity index (χ1n) is 6.42. The fourth-order valence-corrected chi connectivity index (χ4v) is 3.02. The molecule has 1 aliphatic carbocycles. The fraction of sp³-hybridized carbons (Fsp3) is 0.667. The van der Waals surface area contributed by atoms with Crippen LogP contribution in [0.15, 0.2) is 11.1 Å². The molecule has 2 rings (SSSR count). The molecule has 0 aliphatic heterocycles. The lowest BCUT2D eigenvalue weighted by molar-refractivity contribution is 0.320. The van der Waals surface area contributed by atoms with Crippen molar-refractivity contribution in [1.82, 2.24) is 9.97 Å². The molecule has 1 atom stereocenters. The summed E-state index contributed by atoms with van der Waals surface area (Å²) in [4.78, 5) is 18.3. The number of rotatable bonds is 4. The van der Waals surface area contributed by atoms with E-state index < -0.39 is 0 Å². The average molecular weight is 362 g/mol. The number of nitrogens with two attached hydrogens (primary N) is 1. The van der Waals surface area contributed by atoms with E-state index in [1.165, 1.54) is 38.4 Å². The molecule has 0 saturated heterocycles. The van der Waals surface area contributed by atoms with Gasteiger partial charge in [-0.25, -0.2) is 4.98 Å². The van der Waals surface area contributed by atoms with Gasteiger partial charge in [-0.15, -0.1) is 0 Å². The summed E-state index contributed by atoms with van der Waals surface area (Å²) >= 11 is 2.02. The highest BCUT2D eigenvalue weighted by Crippen LogP contribution is 2.27. The van der Waals surface area contributed by atoms with Crippen LogP contribution < -0.4 is 16.6 Å². The van der Waals surface area contributed by atoms with Crippen molar-refractivity contribution in [3.63, 3.8) is 0 Å². The summed E-state index contributed by atoms with van der Waals surface area (Å²) in [6.07, 6.45) is 7.75. The number of aromatic nitrogens is 2. The second-order valence-corrected chi connectivity index (χ2v) is 5.86. The molecule has 0 amide bonds. The Kier molecular flexibility index (Phi) is 4.99. The Bertz CT molecular complexity index is 442. The van der Waals surface area contributed by atoms with Gasteiger partial charge >= 0.3 is 0 Å². The van der Waals surface area contributed by atoms with E-state index in [-0.39, 0.29) is 11.6 Å². The Morgan fingerprint density at radius 1 is 1.50 bits per heavy atom. The summed E-state index contributed by atoms with van der Waals surface area (Å²) in [7, 11) is 0. The Balaban J connectivity index is 2.09. The van der Waals surface area contributed by atoms with Gasteiger partial charge in [0.05, 0.1) is 6.33 Å². The van der Waals surface area contributed by atoms with Gasteiger partial charge in [-0.2, -0.15) is 0 Å². The molecule has 0 spiro atoms. The van der Waals surface area contributed by atoms with Gasteiger partial charge in [0, 0.05) is 12.6 Å². The van der Waals surface area contributed by atoms with Crippen LogP contribution in [0.25, 0.3) is 0 Å². The summed E-state index contributed by atoms with van der Waals surface area (Å²) < 4.78 is 0.601. The highest BCUT2D eigenvalue weighted by atomic mass is 127. The van der Waals surface area contributed by atoms with E-state index in [0.29, 0.717) is 21.9 Å². The molecule has 4 N–H and O–H groups in total. The van der Waals surface area contributed by atoms with E-state index in [4.69, 9.17) is 5.73 Å². The molecular formula is C12H19IN4O. The largest absolute Gasteiger partial charge is 0.365 e. The van der Waals surface area contributed by atoms with E-state index >= 15 is 0 Å². The topological polar surface area (TPSA) is 83.8 Å². The van der Waals surface area contributed by atoms with Crippen LogP contribution in [0.4, 0.5) is 5.82 Å². The number of hydrogen-bond acceptors (Lipinski definition) is 4. The molecule has 0 radical (unpaired) electrons. The third-order valence-electron chi connectivity index (χ3n) is 3.59. The van der Waals surface area contributed by atoms with Gasteiger partial charge in [-0.3, -0.25) is 4.79 Å². The maximum atomic E-state index is 11.5. The Morgan fingerprint density at radius 2 is 2.22 bits per heavy atom. The summed E-state index contributed by atoms with van der Waals surface area (Å²) in [6.45, 7) is 0.579. The minimum atomic E-state index is -0.104. The molecule has 18 heavy (non-hydrogen) atoms. The summed E-state index contributed by atoms with van der Waals surface area (Å²) in [5, 5.41) is 3.34. The minimum absolute atomic E-state index is 0.104. The van der Waals surface area contributed by atoms with Crippen molar-refractivity contribution in [3.8, 4) is 0 Å². The third-order valence-corrected chi connectivity index (χ3v) is 4.59. The van der Waals surface area contributed by atoms with Crippen LogP contribution in [0.3, 0.4) is 0 Å². The van der Waals surface area contributed by atoms with Crippen LogP contribution in [0.5, 0.6) is 0 Å². The number of aromatic amines is 1. The first-order valence-corrected chi connectivity index (χ1v) is 7.50. The number of H-pyrrole nitrogens is 1. The Labute approximate surface area is 120 Å². The normalized spacial score (nSPS) is 18.6. The first kappa shape index (κ1) is 13.8. The zero-order valence-electron chi connectivity index (χ0n) is 10.3. The van der Waals surface area contributed by atoms with Crippen LogP contribution >= 0.6 is 22.6 Å². The van der Waals surface area contributed by atoms with Crippen molar-refractivity contribution in [2.24, 2.45) is 11.7 Å². The van der Waals surface area contributed by atoms with Gasteiger partial charge in [0.15, 0.2) is 0 Å². The molecule has 1 aromatic heterocycles. The number of hydrogen-bond donors (Lipinski definition) is 3. The molecule has 1 heterocycles. The van der Waals surface area contributed by atoms with Crippen molar-refractivity contribution in [2.45, 2.75) is 38.1 Å². The molecular weight excluding hydrogens is 343 g/mol. The predicted molar refractivity (Wildman–Crippen MR) is 80.6 cm³/mol. The van der Waals surface area contributed by atoms with E-state index in [2.05, 4.69) is 15.3 Å². The number of halogens is 1. The van der Waals surface area contributed by atoms with Crippen LogP contribution in [-0.4, -0.2) is 22.6 Å². The van der Waals surface area contributed by atoms with Crippen molar-refractivity contribution < 1.29 is 0 Å². The highest BCUT2D eigenvalue weighted by molar-refractivity contribution is 14.1. The van der Waals surface area contributed by atoms with E-state index in [9.17, 15) is 4.79 Å². The van der Waals surface area contributed by atoms with Crippen molar-refractivity contribution in [1.29, 1.82) is 0 Å². The fourth-order valence-electron chi connectivity index (χ4n) is 2.57. The van der Waals surface area contributed by atoms with Gasteiger partial charge in [0.2, 0.25) is 0 Å². The van der Waals surface area contributed by atoms with E-state index in [0.717, 1.165) is 0 Å². The predicted octanol–water partition coefficient (Wildman–Crippen LogP) is 1.69. The molecule has 6 heteroatoms. The molecule has 1 aromatic rings. The van der Waals surface area contributed by atoms with Crippen LogP contribution in [-0.2, 0) is 0 Å². The first-order chi connectivity index (χ1) is 8.72. The standard InChI is InChI=1S/C12H19IN4O/c13-10-11(15-7-16-12(10)18)17-9(6-14)8-4-2-1-3-5-8/h7-9H,1-6,14H2,(H2,15,16,17,18). The van der Waals surface area contributed by atoms with Gasteiger partial charge in [-0.05, 0) is 41.4 Å². The zero-order chi connectivity index (χ0) is 13.0. The van der Waals surface area contributed by atoms with E-state index in [1.807, 2.05) is 22.6 Å². The monoisotopic (exact) mass is 362 g/mol. The van der Waals surface area contributed by atoms with Gasteiger partial charge < -0.3 is 16.0 Å². The van der Waals surface area contributed by atoms with Gasteiger partial charge in [0.25, 0.3) is 5.56 Å². The summed E-state index contributed by atoms with van der Waals surface area (Å²) in [5.74, 6) is 1.25. The van der Waals surface area contributed by atoms with Crippen LogP contribution in [0.2, 0.25) is 0 Å². The molecule has 1 fully saturated rings. The molecule has 0 aromatic carbocycles. The van der Waals surface area contributed by atoms with Crippen molar-refractivity contribution in [3.05, 3.63) is 20.3 Å². The quantitative estimate of drug-likeness (QED) is 0.712. The maximum Gasteiger partial charge on any atom is 0.266 e. The molecule has 0 bridgehead atoms. The third kappa shape index (κ3) is 3.23. The molecule has 1 aliphatic rings. The molecule has 1 unspecified atom stereocenters. The molecule has 100 valence electrons. The van der Waals surface area contributed by atoms with Crippen molar-refractivity contribution >= 4 is 28.4 Å². The van der Waals surface area contributed by atoms with Crippen molar-refractivity contribution in [2.75, 3.05) is 11.9 Å². The number of nitrogens with zero attached hydrogens (tertiary/aromatic N) is 1. The summed E-state index contributed by atoms with van der Waals surface area (Å²) in [6, 6.07) is 0.216. The zero-order valence-corrected chi connectivity index (χ0v) is 12.4. The number of nitrogens with one attached hydrogen (secondary N) is 2. The Morgan fingerprint density at radius 3 is 2.89 bits per heavy atom. The van der Waals surface area contributed by atoms with Gasteiger partial charge in [0.1, 0.15) is 9.39 Å². The smallest absolute Gasteiger partial charge is 0.266 e. The minimum Gasteiger partial charge on any atom is -0.365 e. The molecule has 5 nitrogen and oxygen atoms in total. The SMILES string of the molecule is NCC(Nc1nc[nH]c(=O)c1I)C1CCCCC1.